The van der Waals surface area contributed by atoms with Crippen LogP contribution in [0.3, 0.4) is 0 Å². The molecule has 0 aromatic carbocycles. The quantitative estimate of drug-likeness (QED) is 0.849. The van der Waals surface area contributed by atoms with E-state index in [4.69, 9.17) is 0 Å². The van der Waals surface area contributed by atoms with Crippen molar-refractivity contribution < 1.29 is 13.2 Å². The summed E-state index contributed by atoms with van der Waals surface area (Å²) in [5, 5.41) is 10.4. The summed E-state index contributed by atoms with van der Waals surface area (Å²) in [7, 11) is 1.69. The molecule has 4 nitrogen and oxygen atoms in total. The predicted octanol–water partition coefficient (Wildman–Crippen LogP) is 1.47. The predicted molar refractivity (Wildman–Crippen MR) is 50.8 cm³/mol. The number of aromatic nitrogens is 3. The van der Waals surface area contributed by atoms with Gasteiger partial charge >= 0.3 is 6.18 Å². The molecule has 0 amide bonds. The highest BCUT2D eigenvalue weighted by molar-refractivity contribution is 5.40. The third-order valence-corrected chi connectivity index (χ3v) is 2.14. The van der Waals surface area contributed by atoms with Gasteiger partial charge in [0.1, 0.15) is 0 Å². The summed E-state index contributed by atoms with van der Waals surface area (Å²) in [5.41, 5.74) is -0.310. The van der Waals surface area contributed by atoms with Crippen LogP contribution in [-0.4, -0.2) is 21.6 Å². The molecule has 2 heterocycles. The van der Waals surface area contributed by atoms with Gasteiger partial charge in [-0.15, -0.1) is 10.2 Å². The molecule has 2 aromatic rings. The van der Waals surface area contributed by atoms with Gasteiger partial charge < -0.3 is 5.32 Å². The van der Waals surface area contributed by atoms with Gasteiger partial charge in [-0.05, 0) is 19.2 Å². The van der Waals surface area contributed by atoms with E-state index < -0.39 is 11.7 Å². The van der Waals surface area contributed by atoms with E-state index in [9.17, 15) is 13.2 Å². The van der Waals surface area contributed by atoms with Crippen LogP contribution in [0.15, 0.2) is 18.3 Å². The van der Waals surface area contributed by atoms with Crippen molar-refractivity contribution in [1.82, 2.24) is 19.9 Å². The molecule has 0 saturated carbocycles. The van der Waals surface area contributed by atoms with E-state index in [1.165, 1.54) is 10.5 Å². The van der Waals surface area contributed by atoms with E-state index >= 15 is 0 Å². The SMILES string of the molecule is CNCc1nnc2ccc(C(F)(F)F)cn12. The number of alkyl halides is 3. The Labute approximate surface area is 89.1 Å². The molecule has 0 unspecified atom stereocenters. The second-order valence-electron chi connectivity index (χ2n) is 3.29. The second kappa shape index (κ2) is 3.75. The van der Waals surface area contributed by atoms with Gasteiger partial charge in [-0.3, -0.25) is 4.40 Å². The fourth-order valence-electron chi connectivity index (χ4n) is 1.38. The van der Waals surface area contributed by atoms with Crippen LogP contribution >= 0.6 is 0 Å². The van der Waals surface area contributed by atoms with Crippen LogP contribution in [0, 0.1) is 0 Å². The Hall–Kier alpha value is -1.63. The Morgan fingerprint density at radius 1 is 1.31 bits per heavy atom. The summed E-state index contributed by atoms with van der Waals surface area (Å²) in [4.78, 5) is 0. The average molecular weight is 230 g/mol. The van der Waals surface area contributed by atoms with Crippen LogP contribution in [0.4, 0.5) is 13.2 Å². The van der Waals surface area contributed by atoms with Crippen molar-refractivity contribution in [2.45, 2.75) is 12.7 Å². The van der Waals surface area contributed by atoms with Crippen molar-refractivity contribution in [3.05, 3.63) is 29.7 Å². The van der Waals surface area contributed by atoms with Gasteiger partial charge in [0.05, 0.1) is 12.1 Å². The first-order valence-electron chi connectivity index (χ1n) is 4.58. The summed E-state index contributed by atoms with van der Waals surface area (Å²) >= 11 is 0. The zero-order chi connectivity index (χ0) is 11.8. The third kappa shape index (κ3) is 1.85. The van der Waals surface area contributed by atoms with Crippen LogP contribution in [0.1, 0.15) is 11.4 Å². The Kier molecular flexibility index (Phi) is 2.55. The van der Waals surface area contributed by atoms with Crippen LogP contribution < -0.4 is 5.32 Å². The lowest BCUT2D eigenvalue weighted by Gasteiger charge is -2.07. The minimum absolute atomic E-state index is 0.364. The normalized spacial score (nSPS) is 12.2. The van der Waals surface area contributed by atoms with E-state index in [-0.39, 0.29) is 0 Å². The Morgan fingerprint density at radius 3 is 2.69 bits per heavy atom. The zero-order valence-corrected chi connectivity index (χ0v) is 8.41. The molecule has 0 aliphatic heterocycles. The molecule has 0 bridgehead atoms. The molecule has 2 rings (SSSR count). The number of pyridine rings is 1. The highest BCUT2D eigenvalue weighted by atomic mass is 19.4. The molecule has 0 saturated heterocycles. The standard InChI is InChI=1S/C9H9F3N4/c1-13-4-8-15-14-7-3-2-6(5-16(7)8)9(10,11)12/h2-3,5,13H,4H2,1H3. The topological polar surface area (TPSA) is 42.2 Å². The maximum Gasteiger partial charge on any atom is 0.417 e. The molecule has 16 heavy (non-hydrogen) atoms. The Balaban J connectivity index is 2.54. The van der Waals surface area contributed by atoms with Gasteiger partial charge in [0.25, 0.3) is 0 Å². The first-order chi connectivity index (χ1) is 7.52. The molecule has 0 radical (unpaired) electrons. The molecule has 0 aliphatic carbocycles. The van der Waals surface area contributed by atoms with Gasteiger partial charge in [-0.25, -0.2) is 0 Å². The van der Waals surface area contributed by atoms with Crippen LogP contribution in [0.5, 0.6) is 0 Å². The maximum absolute atomic E-state index is 12.5. The number of fused-ring (bicyclic) bond motifs is 1. The molecule has 0 spiro atoms. The molecule has 0 fully saturated rings. The van der Waals surface area contributed by atoms with Crippen molar-refractivity contribution in [2.24, 2.45) is 0 Å². The monoisotopic (exact) mass is 230 g/mol. The highest BCUT2D eigenvalue weighted by Crippen LogP contribution is 2.29. The van der Waals surface area contributed by atoms with Crippen molar-refractivity contribution in [3.63, 3.8) is 0 Å². The minimum atomic E-state index is -4.35. The number of nitrogens with one attached hydrogen (secondary N) is 1. The van der Waals surface area contributed by atoms with Crippen molar-refractivity contribution in [2.75, 3.05) is 7.05 Å². The summed E-state index contributed by atoms with van der Waals surface area (Å²) < 4.78 is 38.7. The van der Waals surface area contributed by atoms with Gasteiger partial charge in [0, 0.05) is 6.20 Å². The van der Waals surface area contributed by atoms with Crippen molar-refractivity contribution in [3.8, 4) is 0 Å². The van der Waals surface area contributed by atoms with E-state index in [2.05, 4.69) is 15.5 Å². The maximum atomic E-state index is 12.5. The van der Waals surface area contributed by atoms with Crippen LogP contribution in [-0.2, 0) is 12.7 Å². The van der Waals surface area contributed by atoms with Crippen LogP contribution in [0.2, 0.25) is 0 Å². The fraction of sp³-hybridized carbons (Fsp3) is 0.333. The smallest absolute Gasteiger partial charge is 0.313 e. The molecular formula is C9H9F3N4. The summed E-state index contributed by atoms with van der Waals surface area (Å²) in [6.45, 7) is 0.364. The number of rotatable bonds is 2. The largest absolute Gasteiger partial charge is 0.417 e. The molecular weight excluding hydrogens is 221 g/mol. The zero-order valence-electron chi connectivity index (χ0n) is 8.41. The fourth-order valence-corrected chi connectivity index (χ4v) is 1.38. The molecule has 1 N–H and O–H groups in total. The minimum Gasteiger partial charge on any atom is -0.313 e. The van der Waals surface area contributed by atoms with E-state index in [0.717, 1.165) is 12.3 Å². The molecule has 2 aromatic heterocycles. The van der Waals surface area contributed by atoms with Gasteiger partial charge in [-0.1, -0.05) is 0 Å². The first kappa shape index (κ1) is 10.9. The van der Waals surface area contributed by atoms with E-state index in [1.54, 1.807) is 7.05 Å². The lowest BCUT2D eigenvalue weighted by molar-refractivity contribution is -0.137. The second-order valence-corrected chi connectivity index (χ2v) is 3.29. The molecule has 0 atom stereocenters. The summed E-state index contributed by atoms with van der Waals surface area (Å²) in [5.74, 6) is 0.448. The van der Waals surface area contributed by atoms with Gasteiger partial charge in [-0.2, -0.15) is 13.2 Å². The number of hydrogen-bond acceptors (Lipinski definition) is 3. The van der Waals surface area contributed by atoms with E-state index in [1.807, 2.05) is 0 Å². The lowest BCUT2D eigenvalue weighted by atomic mass is 10.3. The van der Waals surface area contributed by atoms with Crippen LogP contribution in [0.25, 0.3) is 5.65 Å². The Bertz CT molecular complexity index is 503. The van der Waals surface area contributed by atoms with Crippen molar-refractivity contribution in [1.29, 1.82) is 0 Å². The Morgan fingerprint density at radius 2 is 2.06 bits per heavy atom. The summed E-state index contributed by atoms with van der Waals surface area (Å²) in [6.07, 6.45) is -3.35. The molecule has 86 valence electrons. The van der Waals surface area contributed by atoms with Gasteiger partial charge in [0.15, 0.2) is 11.5 Å². The lowest BCUT2D eigenvalue weighted by Crippen LogP contribution is -2.11. The molecule has 0 aliphatic rings. The third-order valence-electron chi connectivity index (χ3n) is 2.14. The van der Waals surface area contributed by atoms with Gasteiger partial charge in [0.2, 0.25) is 0 Å². The number of halogens is 3. The number of nitrogens with zero attached hydrogens (tertiary/aromatic N) is 3. The van der Waals surface area contributed by atoms with Crippen molar-refractivity contribution >= 4 is 5.65 Å². The first-order valence-corrected chi connectivity index (χ1v) is 4.58. The highest BCUT2D eigenvalue weighted by Gasteiger charge is 2.31. The van der Waals surface area contributed by atoms with E-state index in [0.29, 0.717) is 18.0 Å². The molecule has 7 heteroatoms. The summed E-state index contributed by atoms with van der Waals surface area (Å²) in [6, 6.07) is 2.29. The average Bonchev–Trinajstić information content (AvgIpc) is 2.60. The number of hydrogen-bond donors (Lipinski definition) is 1.